The van der Waals surface area contributed by atoms with Crippen LogP contribution in [0.5, 0.6) is 40.2 Å². The zero-order valence-electron chi connectivity index (χ0n) is 13.7. The molecule has 0 aromatic heterocycles. The highest BCUT2D eigenvalue weighted by Crippen LogP contribution is 2.58. The fourth-order valence-electron chi connectivity index (χ4n) is 3.72. The molecule has 7 nitrogen and oxygen atoms in total. The number of ether oxygens (including phenoxy) is 6. The quantitative estimate of drug-likeness (QED) is 0.898. The fraction of sp³-hybridized carbons (Fsp3) is 0.333. The van der Waals surface area contributed by atoms with Crippen LogP contribution in [0.15, 0.2) is 18.2 Å². The van der Waals surface area contributed by atoms with Crippen LogP contribution in [0.1, 0.15) is 23.1 Å². The topological polar surface area (TPSA) is 75.6 Å². The van der Waals surface area contributed by atoms with Gasteiger partial charge in [-0.25, -0.2) is 0 Å². The summed E-state index contributed by atoms with van der Waals surface area (Å²) < 4.78 is 33.6. The second-order valence-corrected chi connectivity index (χ2v) is 6.08. The summed E-state index contributed by atoms with van der Waals surface area (Å²) in [7, 11) is 2.98. The molecule has 0 saturated heterocycles. The highest BCUT2D eigenvalue weighted by atomic mass is 16.7. The number of rotatable bonds is 2. The normalized spacial score (nSPS) is 21.5. The molecule has 0 saturated carbocycles. The Morgan fingerprint density at radius 1 is 0.920 bits per heavy atom. The number of hydrogen-bond acceptors (Lipinski definition) is 7. The van der Waals surface area contributed by atoms with Crippen molar-refractivity contribution in [1.82, 2.24) is 0 Å². The molecule has 0 spiro atoms. The van der Waals surface area contributed by atoms with Gasteiger partial charge >= 0.3 is 0 Å². The van der Waals surface area contributed by atoms with Crippen molar-refractivity contribution in [1.29, 1.82) is 0 Å². The van der Waals surface area contributed by atoms with E-state index in [-0.39, 0.29) is 30.3 Å². The molecule has 0 fully saturated rings. The first-order valence-corrected chi connectivity index (χ1v) is 7.92. The number of aromatic hydroxyl groups is 1. The maximum Gasteiger partial charge on any atom is 0.231 e. The summed E-state index contributed by atoms with van der Waals surface area (Å²) >= 11 is 0. The zero-order chi connectivity index (χ0) is 17.1. The molecule has 1 N–H and O–H groups in total. The second kappa shape index (κ2) is 5.02. The summed E-state index contributed by atoms with van der Waals surface area (Å²) in [6.45, 7) is 0.644. The molecule has 0 amide bonds. The van der Waals surface area contributed by atoms with Crippen LogP contribution in [0.25, 0.3) is 0 Å². The third-order valence-electron chi connectivity index (χ3n) is 4.85. The van der Waals surface area contributed by atoms with Gasteiger partial charge in [0.15, 0.2) is 23.0 Å². The Morgan fingerprint density at radius 2 is 1.68 bits per heavy atom. The SMILES string of the molecule is COc1c(O)cc2c(c1OC)OC[C@@H]1c3cc4c(cc3O[C@H]21)OCO4. The van der Waals surface area contributed by atoms with E-state index in [1.54, 1.807) is 6.07 Å². The molecule has 130 valence electrons. The molecule has 2 aromatic carbocycles. The van der Waals surface area contributed by atoms with Crippen LogP contribution in [0.3, 0.4) is 0 Å². The van der Waals surface area contributed by atoms with Crippen molar-refractivity contribution in [2.45, 2.75) is 12.0 Å². The van der Waals surface area contributed by atoms with E-state index in [0.717, 1.165) is 16.9 Å². The summed E-state index contributed by atoms with van der Waals surface area (Å²) in [5, 5.41) is 10.3. The third-order valence-corrected chi connectivity index (χ3v) is 4.85. The fourth-order valence-corrected chi connectivity index (χ4v) is 3.72. The molecule has 0 radical (unpaired) electrons. The lowest BCUT2D eigenvalue weighted by Crippen LogP contribution is -2.23. The van der Waals surface area contributed by atoms with E-state index in [1.807, 2.05) is 12.1 Å². The molecule has 2 atom stereocenters. The number of methoxy groups -OCH3 is 2. The van der Waals surface area contributed by atoms with Crippen LogP contribution in [0, 0.1) is 0 Å². The van der Waals surface area contributed by atoms with Gasteiger partial charge in [-0.1, -0.05) is 0 Å². The minimum Gasteiger partial charge on any atom is -0.504 e. The van der Waals surface area contributed by atoms with Crippen molar-refractivity contribution in [3.63, 3.8) is 0 Å². The molecule has 3 heterocycles. The van der Waals surface area contributed by atoms with Crippen molar-refractivity contribution >= 4 is 0 Å². The van der Waals surface area contributed by atoms with Gasteiger partial charge in [-0.2, -0.15) is 0 Å². The standard InChI is InChI=1S/C18H16O7/c1-20-17-11(19)3-9-15-10(6-22-16(9)18(17)21-2)8-4-13-14(24-7-23-13)5-12(8)25-15/h3-5,10,15,19H,6-7H2,1-2H3/t10-,15-/m1/s1. The molecule has 7 heteroatoms. The summed E-state index contributed by atoms with van der Waals surface area (Å²) in [6.07, 6.45) is -0.285. The molecule has 5 rings (SSSR count). The van der Waals surface area contributed by atoms with E-state index >= 15 is 0 Å². The minimum absolute atomic E-state index is 0.00509. The van der Waals surface area contributed by atoms with Crippen molar-refractivity contribution in [2.24, 2.45) is 0 Å². The molecule has 2 aromatic rings. The van der Waals surface area contributed by atoms with Crippen molar-refractivity contribution in [2.75, 3.05) is 27.6 Å². The summed E-state index contributed by atoms with van der Waals surface area (Å²) in [5.41, 5.74) is 1.73. The smallest absolute Gasteiger partial charge is 0.231 e. The Balaban J connectivity index is 1.62. The number of benzene rings is 2. The molecule has 3 aliphatic heterocycles. The summed E-state index contributed by atoms with van der Waals surface area (Å²) in [5.74, 6) is 3.25. The van der Waals surface area contributed by atoms with Crippen LogP contribution in [0.4, 0.5) is 0 Å². The number of phenolic OH excluding ortho intramolecular Hbond substituents is 1. The molecule has 25 heavy (non-hydrogen) atoms. The van der Waals surface area contributed by atoms with Crippen LogP contribution >= 0.6 is 0 Å². The summed E-state index contributed by atoms with van der Waals surface area (Å²) in [6, 6.07) is 5.40. The van der Waals surface area contributed by atoms with E-state index in [1.165, 1.54) is 14.2 Å². The second-order valence-electron chi connectivity index (χ2n) is 6.08. The largest absolute Gasteiger partial charge is 0.504 e. The van der Waals surface area contributed by atoms with Crippen LogP contribution in [-0.4, -0.2) is 32.7 Å². The first-order valence-electron chi connectivity index (χ1n) is 7.92. The van der Waals surface area contributed by atoms with E-state index in [4.69, 9.17) is 28.4 Å². The lowest BCUT2D eigenvalue weighted by Gasteiger charge is -2.29. The number of hydrogen-bond donors (Lipinski definition) is 1. The van der Waals surface area contributed by atoms with Gasteiger partial charge in [0.2, 0.25) is 18.3 Å². The minimum atomic E-state index is -0.285. The van der Waals surface area contributed by atoms with Gasteiger partial charge in [-0.05, 0) is 12.1 Å². The molecule has 0 bridgehead atoms. The lowest BCUT2D eigenvalue weighted by atomic mass is 9.88. The Morgan fingerprint density at radius 3 is 2.44 bits per heavy atom. The molecule has 0 aliphatic carbocycles. The predicted octanol–water partition coefficient (Wildman–Crippen LogP) is 2.75. The van der Waals surface area contributed by atoms with Gasteiger partial charge in [0.05, 0.1) is 26.7 Å². The van der Waals surface area contributed by atoms with Gasteiger partial charge < -0.3 is 33.5 Å². The van der Waals surface area contributed by atoms with Crippen LogP contribution < -0.4 is 28.4 Å². The van der Waals surface area contributed by atoms with E-state index < -0.39 is 0 Å². The molecular formula is C18H16O7. The Labute approximate surface area is 143 Å². The monoisotopic (exact) mass is 344 g/mol. The summed E-state index contributed by atoms with van der Waals surface area (Å²) in [4.78, 5) is 0. The lowest BCUT2D eigenvalue weighted by molar-refractivity contribution is 0.133. The van der Waals surface area contributed by atoms with Gasteiger partial charge in [0.1, 0.15) is 11.9 Å². The average molecular weight is 344 g/mol. The van der Waals surface area contributed by atoms with Gasteiger partial charge in [-0.3, -0.25) is 0 Å². The third kappa shape index (κ3) is 1.86. The average Bonchev–Trinajstić information content (AvgIpc) is 3.22. The molecular weight excluding hydrogens is 328 g/mol. The van der Waals surface area contributed by atoms with Crippen LogP contribution in [-0.2, 0) is 0 Å². The Kier molecular flexibility index (Phi) is 2.89. The van der Waals surface area contributed by atoms with Gasteiger partial charge in [0, 0.05) is 17.2 Å². The highest BCUT2D eigenvalue weighted by molar-refractivity contribution is 5.65. The van der Waals surface area contributed by atoms with E-state index in [2.05, 4.69) is 0 Å². The maximum absolute atomic E-state index is 10.3. The first-order chi connectivity index (χ1) is 12.2. The highest BCUT2D eigenvalue weighted by Gasteiger charge is 2.44. The van der Waals surface area contributed by atoms with Crippen LogP contribution in [0.2, 0.25) is 0 Å². The van der Waals surface area contributed by atoms with Crippen molar-refractivity contribution in [3.05, 3.63) is 29.3 Å². The first kappa shape index (κ1) is 14.4. The zero-order valence-corrected chi connectivity index (χ0v) is 13.7. The van der Waals surface area contributed by atoms with Gasteiger partial charge in [0.25, 0.3) is 0 Å². The van der Waals surface area contributed by atoms with E-state index in [9.17, 15) is 5.11 Å². The molecule has 0 unspecified atom stereocenters. The number of fused-ring (bicyclic) bond motifs is 6. The predicted molar refractivity (Wildman–Crippen MR) is 85.4 cm³/mol. The van der Waals surface area contributed by atoms with Gasteiger partial charge in [-0.15, -0.1) is 0 Å². The van der Waals surface area contributed by atoms with Crippen molar-refractivity contribution in [3.8, 4) is 40.2 Å². The number of phenols is 1. The molecule has 3 aliphatic rings. The van der Waals surface area contributed by atoms with E-state index in [0.29, 0.717) is 29.6 Å². The van der Waals surface area contributed by atoms with Crippen molar-refractivity contribution < 1.29 is 33.5 Å². The maximum atomic E-state index is 10.3. The Hall–Kier alpha value is -2.96. The Bertz CT molecular complexity index is 876.